The van der Waals surface area contributed by atoms with Crippen LogP contribution in [0.4, 0.5) is 0 Å². The number of hydrogen-bond acceptors (Lipinski definition) is 3. The van der Waals surface area contributed by atoms with Gasteiger partial charge in [-0.1, -0.05) is 13.0 Å². The smallest absolute Gasteiger partial charge is 0.0471 e. The third kappa shape index (κ3) is 2.13. The summed E-state index contributed by atoms with van der Waals surface area (Å²) >= 11 is 1.93. The summed E-state index contributed by atoms with van der Waals surface area (Å²) in [5.74, 6) is 0. The summed E-state index contributed by atoms with van der Waals surface area (Å²) in [6.07, 6.45) is 5.26. The van der Waals surface area contributed by atoms with E-state index in [1.54, 1.807) is 4.88 Å². The molecule has 1 aliphatic heterocycles. The van der Waals surface area contributed by atoms with Crippen molar-refractivity contribution in [1.82, 2.24) is 5.32 Å². The Hall–Kier alpha value is -0.380. The fraction of sp³-hybridized carbons (Fsp3) is 0.733. The van der Waals surface area contributed by atoms with E-state index in [9.17, 15) is 0 Å². The van der Waals surface area contributed by atoms with E-state index in [4.69, 9.17) is 4.74 Å². The van der Waals surface area contributed by atoms with Gasteiger partial charge in [-0.3, -0.25) is 0 Å². The van der Waals surface area contributed by atoms with Crippen LogP contribution in [0.25, 0.3) is 0 Å². The summed E-state index contributed by atoms with van der Waals surface area (Å²) < 4.78 is 5.53. The maximum atomic E-state index is 5.53. The predicted octanol–water partition coefficient (Wildman–Crippen LogP) is 3.19. The Labute approximate surface area is 114 Å². The highest BCUT2D eigenvalue weighted by molar-refractivity contribution is 7.10. The molecule has 1 saturated heterocycles. The number of hydrogen-bond donors (Lipinski definition) is 1. The van der Waals surface area contributed by atoms with Gasteiger partial charge in [0.05, 0.1) is 0 Å². The Morgan fingerprint density at radius 2 is 2.11 bits per heavy atom. The average Bonchev–Trinajstić information content (AvgIpc) is 2.89. The number of thiophene rings is 1. The summed E-state index contributed by atoms with van der Waals surface area (Å²) in [6.45, 7) is 6.37. The largest absolute Gasteiger partial charge is 0.381 e. The van der Waals surface area contributed by atoms with Crippen LogP contribution in [-0.2, 0) is 10.2 Å². The van der Waals surface area contributed by atoms with Crippen LogP contribution in [0.2, 0.25) is 0 Å². The zero-order valence-electron chi connectivity index (χ0n) is 11.2. The molecule has 1 spiro atoms. The lowest BCUT2D eigenvalue weighted by Crippen LogP contribution is -2.56. The quantitative estimate of drug-likeness (QED) is 0.903. The molecule has 2 fully saturated rings. The second-order valence-electron chi connectivity index (χ2n) is 6.00. The molecule has 100 valence electrons. The summed E-state index contributed by atoms with van der Waals surface area (Å²) in [6, 6.07) is 4.52. The van der Waals surface area contributed by atoms with E-state index in [0.29, 0.717) is 10.8 Å². The molecule has 1 N–H and O–H groups in total. The molecule has 3 rings (SSSR count). The van der Waals surface area contributed by atoms with Crippen molar-refractivity contribution in [2.24, 2.45) is 5.41 Å². The predicted molar refractivity (Wildman–Crippen MR) is 76.3 cm³/mol. The SMILES string of the molecule is CCNCC1(c2cccs2)CC2(CCOCC2)C1. The molecule has 1 aliphatic carbocycles. The van der Waals surface area contributed by atoms with Gasteiger partial charge >= 0.3 is 0 Å². The number of likely N-dealkylation sites (N-methyl/N-ethyl adjacent to an activating group) is 1. The van der Waals surface area contributed by atoms with Crippen LogP contribution in [0.1, 0.15) is 37.5 Å². The molecule has 18 heavy (non-hydrogen) atoms. The van der Waals surface area contributed by atoms with E-state index in [-0.39, 0.29) is 0 Å². The Kier molecular flexibility index (Phi) is 3.48. The van der Waals surface area contributed by atoms with Crippen LogP contribution < -0.4 is 5.32 Å². The molecule has 0 radical (unpaired) electrons. The Morgan fingerprint density at radius 1 is 1.33 bits per heavy atom. The molecule has 0 aromatic carbocycles. The maximum absolute atomic E-state index is 5.53. The average molecular weight is 265 g/mol. The van der Waals surface area contributed by atoms with Gasteiger partial charge in [-0.2, -0.15) is 0 Å². The first-order chi connectivity index (χ1) is 8.79. The number of rotatable bonds is 4. The molecule has 2 aliphatic rings. The van der Waals surface area contributed by atoms with Gasteiger partial charge in [0.15, 0.2) is 0 Å². The minimum absolute atomic E-state index is 0.418. The first-order valence-electron chi connectivity index (χ1n) is 7.11. The van der Waals surface area contributed by atoms with Gasteiger partial charge < -0.3 is 10.1 Å². The second kappa shape index (κ2) is 4.95. The molecule has 1 aromatic heterocycles. The second-order valence-corrected chi connectivity index (χ2v) is 6.95. The van der Waals surface area contributed by atoms with Crippen molar-refractivity contribution >= 4 is 11.3 Å². The minimum Gasteiger partial charge on any atom is -0.381 e. The minimum atomic E-state index is 0.418. The molecular formula is C15H23NOS. The Bertz CT molecular complexity index is 373. The molecule has 0 bridgehead atoms. The molecule has 0 atom stereocenters. The van der Waals surface area contributed by atoms with E-state index in [1.165, 1.54) is 25.7 Å². The van der Waals surface area contributed by atoms with Gasteiger partial charge in [-0.15, -0.1) is 11.3 Å². The summed E-state index contributed by atoms with van der Waals surface area (Å²) in [7, 11) is 0. The maximum Gasteiger partial charge on any atom is 0.0471 e. The molecule has 3 heteroatoms. The molecule has 1 saturated carbocycles. The lowest BCUT2D eigenvalue weighted by atomic mass is 9.49. The van der Waals surface area contributed by atoms with Gasteiger partial charge in [-0.25, -0.2) is 0 Å². The van der Waals surface area contributed by atoms with Gasteiger partial charge in [0.2, 0.25) is 0 Å². The molecule has 2 heterocycles. The van der Waals surface area contributed by atoms with Gasteiger partial charge in [-0.05, 0) is 49.1 Å². The van der Waals surface area contributed by atoms with Gasteiger partial charge in [0, 0.05) is 30.1 Å². The van der Waals surface area contributed by atoms with Crippen molar-refractivity contribution in [1.29, 1.82) is 0 Å². The van der Waals surface area contributed by atoms with Crippen LogP contribution in [0.5, 0.6) is 0 Å². The van der Waals surface area contributed by atoms with Crippen molar-refractivity contribution in [3.8, 4) is 0 Å². The van der Waals surface area contributed by atoms with Crippen molar-refractivity contribution in [2.75, 3.05) is 26.3 Å². The normalized spacial score (nSPS) is 24.9. The molecule has 0 amide bonds. The Morgan fingerprint density at radius 3 is 2.72 bits per heavy atom. The van der Waals surface area contributed by atoms with Crippen LogP contribution in [0.15, 0.2) is 17.5 Å². The van der Waals surface area contributed by atoms with E-state index in [1.807, 2.05) is 11.3 Å². The fourth-order valence-corrected chi connectivity index (χ4v) is 4.80. The zero-order valence-corrected chi connectivity index (χ0v) is 12.0. The Balaban J connectivity index is 1.74. The first-order valence-corrected chi connectivity index (χ1v) is 7.99. The van der Waals surface area contributed by atoms with Crippen molar-refractivity contribution in [3.63, 3.8) is 0 Å². The van der Waals surface area contributed by atoms with Crippen molar-refractivity contribution < 1.29 is 4.74 Å². The van der Waals surface area contributed by atoms with Crippen LogP contribution in [-0.4, -0.2) is 26.3 Å². The third-order valence-electron chi connectivity index (χ3n) is 4.74. The van der Waals surface area contributed by atoms with Crippen LogP contribution in [0.3, 0.4) is 0 Å². The highest BCUT2D eigenvalue weighted by Gasteiger charge is 2.55. The zero-order chi connectivity index (χ0) is 12.5. The highest BCUT2D eigenvalue weighted by Crippen LogP contribution is 2.60. The standard InChI is InChI=1S/C15H23NOS/c1-2-16-12-15(13-4-3-9-18-13)10-14(11-15)5-7-17-8-6-14/h3-4,9,16H,2,5-8,10-12H2,1H3. The van der Waals surface area contributed by atoms with Crippen LogP contribution >= 0.6 is 11.3 Å². The third-order valence-corrected chi connectivity index (χ3v) is 5.85. The molecular weight excluding hydrogens is 242 g/mol. The summed E-state index contributed by atoms with van der Waals surface area (Å²) in [5, 5.41) is 5.80. The molecule has 0 unspecified atom stereocenters. The number of nitrogens with one attached hydrogen (secondary N) is 1. The highest BCUT2D eigenvalue weighted by atomic mass is 32.1. The lowest BCUT2D eigenvalue weighted by molar-refractivity contribution is -0.0725. The van der Waals surface area contributed by atoms with Gasteiger partial charge in [0.25, 0.3) is 0 Å². The van der Waals surface area contributed by atoms with Crippen molar-refractivity contribution in [2.45, 2.75) is 38.0 Å². The van der Waals surface area contributed by atoms with E-state index >= 15 is 0 Å². The lowest BCUT2D eigenvalue weighted by Gasteiger charge is -2.58. The molecule has 2 nitrogen and oxygen atoms in total. The topological polar surface area (TPSA) is 21.3 Å². The summed E-state index contributed by atoms with van der Waals surface area (Å²) in [4.78, 5) is 1.58. The van der Waals surface area contributed by atoms with E-state index in [2.05, 4.69) is 29.8 Å². The fourth-order valence-electron chi connectivity index (χ4n) is 3.87. The first kappa shape index (κ1) is 12.6. The summed E-state index contributed by atoms with van der Waals surface area (Å²) in [5.41, 5.74) is 1.01. The van der Waals surface area contributed by atoms with Crippen LogP contribution in [0, 0.1) is 5.41 Å². The monoisotopic (exact) mass is 265 g/mol. The van der Waals surface area contributed by atoms with Crippen molar-refractivity contribution in [3.05, 3.63) is 22.4 Å². The number of ether oxygens (including phenoxy) is 1. The van der Waals surface area contributed by atoms with E-state index < -0.39 is 0 Å². The molecule has 1 aromatic rings. The van der Waals surface area contributed by atoms with E-state index in [0.717, 1.165) is 26.3 Å². The van der Waals surface area contributed by atoms with Gasteiger partial charge in [0.1, 0.15) is 0 Å².